The first-order valence-corrected chi connectivity index (χ1v) is 12.0. The number of nitrogens with one attached hydrogen (secondary N) is 3. The van der Waals surface area contributed by atoms with Crippen LogP contribution in [0.5, 0.6) is 5.75 Å². The highest BCUT2D eigenvalue weighted by Gasteiger charge is 2.31. The number of carboxylic acid groups (broad SMARTS) is 2. The lowest BCUT2D eigenvalue weighted by Gasteiger charge is -2.26. The van der Waals surface area contributed by atoms with Gasteiger partial charge in [-0.05, 0) is 36.5 Å². The summed E-state index contributed by atoms with van der Waals surface area (Å²) in [5, 5.41) is 35.0. The van der Waals surface area contributed by atoms with Crippen LogP contribution in [0.15, 0.2) is 24.3 Å². The summed E-state index contributed by atoms with van der Waals surface area (Å²) in [4.78, 5) is 60.7. The van der Waals surface area contributed by atoms with Crippen molar-refractivity contribution in [3.05, 3.63) is 29.8 Å². The van der Waals surface area contributed by atoms with E-state index in [2.05, 4.69) is 28.6 Å². The predicted molar refractivity (Wildman–Crippen MR) is 133 cm³/mol. The zero-order valence-corrected chi connectivity index (χ0v) is 21.0. The molecule has 0 spiro atoms. The molecule has 1 aromatic rings. The van der Waals surface area contributed by atoms with Crippen LogP contribution in [0, 0.1) is 5.92 Å². The van der Waals surface area contributed by atoms with Crippen molar-refractivity contribution in [3.8, 4) is 5.75 Å². The van der Waals surface area contributed by atoms with Crippen molar-refractivity contribution in [2.24, 2.45) is 11.7 Å². The van der Waals surface area contributed by atoms with Crippen LogP contribution >= 0.6 is 12.6 Å². The SMILES string of the molecule is CCC(C)C(NC(=O)C(CCC(=O)O)NC(=O)C(CS)NC(=O)C(N)Cc1ccc(O)cc1)C(=O)O. The molecule has 0 radical (unpaired) electrons. The number of carbonyl (C=O) groups is 5. The molecule has 3 amide bonds. The largest absolute Gasteiger partial charge is 0.508 e. The number of nitrogens with two attached hydrogens (primary N) is 1. The van der Waals surface area contributed by atoms with E-state index in [4.69, 9.17) is 10.8 Å². The van der Waals surface area contributed by atoms with E-state index in [0.29, 0.717) is 12.0 Å². The van der Waals surface area contributed by atoms with Crippen LogP contribution in [0.3, 0.4) is 0 Å². The second-order valence-corrected chi connectivity index (χ2v) is 8.79. The Balaban J connectivity index is 2.89. The summed E-state index contributed by atoms with van der Waals surface area (Å²) >= 11 is 4.07. The van der Waals surface area contributed by atoms with Gasteiger partial charge in [-0.1, -0.05) is 32.4 Å². The fourth-order valence-electron chi connectivity index (χ4n) is 3.20. The number of benzene rings is 1. The second-order valence-electron chi connectivity index (χ2n) is 8.42. The Labute approximate surface area is 214 Å². The van der Waals surface area contributed by atoms with Crippen molar-refractivity contribution in [2.45, 2.75) is 63.7 Å². The van der Waals surface area contributed by atoms with Crippen LogP contribution in [0.4, 0.5) is 0 Å². The summed E-state index contributed by atoms with van der Waals surface area (Å²) in [5.41, 5.74) is 6.61. The fourth-order valence-corrected chi connectivity index (χ4v) is 3.45. The monoisotopic (exact) mass is 526 g/mol. The quantitative estimate of drug-likeness (QED) is 0.140. The first-order valence-electron chi connectivity index (χ1n) is 11.4. The van der Waals surface area contributed by atoms with E-state index in [9.17, 15) is 34.2 Å². The van der Waals surface area contributed by atoms with Gasteiger partial charge in [0.15, 0.2) is 0 Å². The van der Waals surface area contributed by atoms with E-state index in [1.807, 2.05) is 0 Å². The van der Waals surface area contributed by atoms with Crippen molar-refractivity contribution in [2.75, 3.05) is 5.75 Å². The molecule has 0 aliphatic heterocycles. The van der Waals surface area contributed by atoms with Crippen LogP contribution in [0.2, 0.25) is 0 Å². The second kappa shape index (κ2) is 14.9. The van der Waals surface area contributed by atoms with Crippen molar-refractivity contribution in [3.63, 3.8) is 0 Å². The minimum absolute atomic E-state index is 0.0592. The van der Waals surface area contributed by atoms with Crippen molar-refractivity contribution in [1.29, 1.82) is 0 Å². The number of rotatable bonds is 15. The normalized spacial score (nSPS) is 15.0. The Morgan fingerprint density at radius 2 is 1.50 bits per heavy atom. The van der Waals surface area contributed by atoms with Crippen LogP contribution in [-0.4, -0.2) is 74.9 Å². The molecule has 1 aromatic carbocycles. The molecule has 0 bridgehead atoms. The number of thiol groups is 1. The minimum atomic E-state index is -1.36. The van der Waals surface area contributed by atoms with Crippen molar-refractivity contribution < 1.29 is 39.3 Å². The average molecular weight is 527 g/mol. The fraction of sp³-hybridized carbons (Fsp3) is 0.522. The molecule has 200 valence electrons. The zero-order chi connectivity index (χ0) is 27.4. The van der Waals surface area contributed by atoms with E-state index in [0.717, 1.165) is 0 Å². The van der Waals surface area contributed by atoms with E-state index in [1.54, 1.807) is 26.0 Å². The maximum absolute atomic E-state index is 12.8. The van der Waals surface area contributed by atoms with Gasteiger partial charge in [0, 0.05) is 12.2 Å². The van der Waals surface area contributed by atoms with E-state index < -0.39 is 66.2 Å². The number of phenols is 1. The average Bonchev–Trinajstić information content (AvgIpc) is 2.83. The molecule has 12 nitrogen and oxygen atoms in total. The zero-order valence-electron chi connectivity index (χ0n) is 20.1. The van der Waals surface area contributed by atoms with Gasteiger partial charge in [0.05, 0.1) is 6.04 Å². The van der Waals surface area contributed by atoms with Gasteiger partial charge >= 0.3 is 11.9 Å². The highest BCUT2D eigenvalue weighted by molar-refractivity contribution is 7.80. The number of carboxylic acids is 2. The first kappa shape index (κ1) is 30.7. The van der Waals surface area contributed by atoms with Crippen LogP contribution in [0.25, 0.3) is 0 Å². The topological polar surface area (TPSA) is 208 Å². The molecular formula is C23H34N4O8S. The third-order valence-electron chi connectivity index (χ3n) is 5.60. The maximum Gasteiger partial charge on any atom is 0.326 e. The smallest absolute Gasteiger partial charge is 0.326 e. The molecule has 36 heavy (non-hydrogen) atoms. The van der Waals surface area contributed by atoms with Gasteiger partial charge in [0.2, 0.25) is 17.7 Å². The van der Waals surface area contributed by atoms with Gasteiger partial charge in [0.25, 0.3) is 0 Å². The maximum atomic E-state index is 12.8. The summed E-state index contributed by atoms with van der Waals surface area (Å²) in [7, 11) is 0. The standard InChI is InChI=1S/C23H34N4O8S/c1-3-12(2)19(23(34)35)27-21(32)16(8-9-18(29)30)25-22(33)17(11-36)26-20(31)15(24)10-13-4-6-14(28)7-5-13/h4-7,12,15-17,19,28,36H,3,8-11,24H2,1-2H3,(H,25,33)(H,26,31)(H,27,32)(H,29,30)(H,34,35). The number of carbonyl (C=O) groups excluding carboxylic acids is 3. The Kier molecular flexibility index (Phi) is 12.7. The van der Waals surface area contributed by atoms with Gasteiger partial charge in [0.1, 0.15) is 23.9 Å². The molecule has 0 heterocycles. The molecule has 0 fully saturated rings. The Morgan fingerprint density at radius 1 is 0.944 bits per heavy atom. The number of hydrogen-bond acceptors (Lipinski definition) is 8. The molecular weight excluding hydrogens is 492 g/mol. The van der Waals surface area contributed by atoms with E-state index in [-0.39, 0.29) is 24.3 Å². The Bertz CT molecular complexity index is 927. The van der Waals surface area contributed by atoms with Crippen molar-refractivity contribution in [1.82, 2.24) is 16.0 Å². The minimum Gasteiger partial charge on any atom is -0.508 e. The molecule has 0 saturated carbocycles. The molecule has 13 heteroatoms. The van der Waals surface area contributed by atoms with Crippen LogP contribution in [-0.2, 0) is 30.4 Å². The van der Waals surface area contributed by atoms with Gasteiger partial charge < -0.3 is 37.0 Å². The molecule has 0 aliphatic carbocycles. The third-order valence-corrected chi connectivity index (χ3v) is 5.97. The molecule has 8 N–H and O–H groups in total. The third kappa shape index (κ3) is 10.1. The number of aliphatic carboxylic acids is 2. The van der Waals surface area contributed by atoms with Gasteiger partial charge in [-0.15, -0.1) is 0 Å². The van der Waals surface area contributed by atoms with E-state index >= 15 is 0 Å². The number of hydrogen-bond donors (Lipinski definition) is 8. The number of aromatic hydroxyl groups is 1. The van der Waals surface area contributed by atoms with Crippen molar-refractivity contribution >= 4 is 42.3 Å². The molecule has 0 aromatic heterocycles. The van der Waals surface area contributed by atoms with E-state index in [1.165, 1.54) is 12.1 Å². The summed E-state index contributed by atoms with van der Waals surface area (Å²) in [5.74, 6) is -5.30. The lowest BCUT2D eigenvalue weighted by molar-refractivity contribution is -0.144. The van der Waals surface area contributed by atoms with Gasteiger partial charge in [-0.25, -0.2) is 4.79 Å². The highest BCUT2D eigenvalue weighted by Crippen LogP contribution is 2.12. The van der Waals surface area contributed by atoms with Crippen LogP contribution in [0.1, 0.15) is 38.7 Å². The number of amides is 3. The molecule has 0 aliphatic rings. The predicted octanol–water partition coefficient (Wildman–Crippen LogP) is -0.358. The lowest BCUT2D eigenvalue weighted by Crippen LogP contribution is -2.58. The molecule has 1 rings (SSSR count). The molecule has 5 atom stereocenters. The Morgan fingerprint density at radius 3 is 2.00 bits per heavy atom. The summed E-state index contributed by atoms with van der Waals surface area (Å²) < 4.78 is 0. The summed E-state index contributed by atoms with van der Waals surface area (Å²) in [6.07, 6.45) is -0.174. The molecule has 5 unspecified atom stereocenters. The van der Waals surface area contributed by atoms with Gasteiger partial charge in [-0.3, -0.25) is 19.2 Å². The Hall–Kier alpha value is -3.32. The number of phenolic OH excluding ortho intramolecular Hbond substituents is 1. The van der Waals surface area contributed by atoms with Gasteiger partial charge in [-0.2, -0.15) is 12.6 Å². The summed E-state index contributed by atoms with van der Waals surface area (Å²) in [6, 6.07) is 1.28. The summed E-state index contributed by atoms with van der Waals surface area (Å²) in [6.45, 7) is 3.39. The molecule has 0 saturated heterocycles. The lowest BCUT2D eigenvalue weighted by atomic mass is 9.98. The first-order chi connectivity index (χ1) is 16.9. The highest BCUT2D eigenvalue weighted by atomic mass is 32.1. The van der Waals surface area contributed by atoms with Crippen LogP contribution < -0.4 is 21.7 Å².